The van der Waals surface area contributed by atoms with Gasteiger partial charge < -0.3 is 29.7 Å². The molecule has 3 aromatic rings. The standard InChI is InChI=1S/C34H38ClF3N8O3/c1-6-25-28(44-11-12-45(27-10-9-26(27)44)33(48)21-13-19(2)16-40-32(21)49-5)15-24-31(39-17-29(41-24)43(3)4)46(25)18-30(47)42-23-8-7-20(14-22(23)35)34(36,37)38/h7-8,13-14,16-17,26-27H,6,9-12,15,18H2,1-5H3,(H,42,47)/t26-,27-/m0/s1. The van der Waals surface area contributed by atoms with E-state index in [9.17, 15) is 22.8 Å². The number of nitrogens with one attached hydrogen (secondary N) is 1. The van der Waals surface area contributed by atoms with Gasteiger partial charge in [-0.25, -0.2) is 15.0 Å². The number of alkyl halides is 3. The summed E-state index contributed by atoms with van der Waals surface area (Å²) in [6.45, 7) is 4.79. The molecule has 1 aromatic carbocycles. The first-order valence-corrected chi connectivity index (χ1v) is 16.5. The molecule has 1 saturated heterocycles. The summed E-state index contributed by atoms with van der Waals surface area (Å²) in [7, 11) is 5.26. The molecule has 0 unspecified atom stereocenters. The van der Waals surface area contributed by atoms with Crippen LogP contribution in [0.3, 0.4) is 0 Å². The number of fused-ring (bicyclic) bond motifs is 2. The Hall–Kier alpha value is -4.59. The van der Waals surface area contributed by atoms with Crippen molar-refractivity contribution in [3.63, 3.8) is 0 Å². The summed E-state index contributed by atoms with van der Waals surface area (Å²) in [6, 6.07) is 4.68. The van der Waals surface area contributed by atoms with E-state index in [-0.39, 0.29) is 35.2 Å². The maximum Gasteiger partial charge on any atom is 0.416 e. The monoisotopic (exact) mass is 698 g/mol. The van der Waals surface area contributed by atoms with Gasteiger partial charge in [-0.05, 0) is 56.0 Å². The first-order valence-electron chi connectivity index (χ1n) is 16.1. The second-order valence-corrected chi connectivity index (χ2v) is 13.0. The average Bonchev–Trinajstić information content (AvgIpc) is 3.04. The van der Waals surface area contributed by atoms with Crippen LogP contribution in [-0.2, 0) is 17.4 Å². The van der Waals surface area contributed by atoms with Crippen LogP contribution in [-0.4, -0.2) is 89.5 Å². The van der Waals surface area contributed by atoms with Gasteiger partial charge >= 0.3 is 6.18 Å². The number of hydrogen-bond donors (Lipinski definition) is 1. The van der Waals surface area contributed by atoms with Gasteiger partial charge in [-0.2, -0.15) is 13.2 Å². The molecule has 2 aromatic heterocycles. The topological polar surface area (TPSA) is 107 Å². The molecule has 2 aliphatic heterocycles. The number of piperazine rings is 1. The number of hydrogen-bond acceptors (Lipinski definition) is 9. The zero-order valence-electron chi connectivity index (χ0n) is 27.9. The first kappa shape index (κ1) is 34.3. The molecule has 15 heteroatoms. The zero-order valence-corrected chi connectivity index (χ0v) is 28.7. The summed E-state index contributed by atoms with van der Waals surface area (Å²) in [4.78, 5) is 49.3. The maximum atomic E-state index is 13.8. The predicted octanol–water partition coefficient (Wildman–Crippen LogP) is 5.54. The minimum absolute atomic E-state index is 0.0174. The number of amides is 2. The van der Waals surface area contributed by atoms with Crippen molar-refractivity contribution in [1.29, 1.82) is 0 Å². The molecule has 11 nitrogen and oxygen atoms in total. The lowest BCUT2D eigenvalue weighted by Gasteiger charge is -2.56. The Morgan fingerprint density at radius 2 is 1.86 bits per heavy atom. The number of nitrogens with zero attached hydrogens (tertiary/aromatic N) is 7. The number of pyridine rings is 1. The van der Waals surface area contributed by atoms with Gasteiger partial charge in [0.15, 0.2) is 5.82 Å². The maximum absolute atomic E-state index is 13.8. The number of carbonyl (C=O) groups excluding carboxylic acids is 2. The normalized spacial score (nSPS) is 18.8. The Morgan fingerprint density at radius 1 is 1.10 bits per heavy atom. The molecule has 1 aliphatic carbocycles. The fourth-order valence-electron chi connectivity index (χ4n) is 6.83. The number of aromatic nitrogens is 3. The highest BCUT2D eigenvalue weighted by Gasteiger charge is 2.47. The quantitative estimate of drug-likeness (QED) is 0.325. The summed E-state index contributed by atoms with van der Waals surface area (Å²) < 4.78 is 45.0. The molecule has 3 aliphatic rings. The Balaban J connectivity index is 1.30. The molecule has 6 rings (SSSR count). The van der Waals surface area contributed by atoms with Crippen LogP contribution in [0.1, 0.15) is 53.4 Å². The van der Waals surface area contributed by atoms with Gasteiger partial charge in [0.2, 0.25) is 11.8 Å². The number of benzene rings is 1. The number of halogens is 4. The van der Waals surface area contributed by atoms with Crippen molar-refractivity contribution in [3.8, 4) is 5.88 Å². The van der Waals surface area contributed by atoms with E-state index in [0.29, 0.717) is 54.7 Å². The third-order valence-electron chi connectivity index (χ3n) is 9.33. The van der Waals surface area contributed by atoms with Crippen LogP contribution in [0.25, 0.3) is 0 Å². The highest BCUT2D eigenvalue weighted by molar-refractivity contribution is 6.33. The summed E-state index contributed by atoms with van der Waals surface area (Å²) in [5, 5.41) is 2.46. The smallest absolute Gasteiger partial charge is 0.416 e. The Bertz CT molecular complexity index is 1820. The minimum atomic E-state index is -4.56. The lowest BCUT2D eigenvalue weighted by molar-refractivity contribution is -0.137. The van der Waals surface area contributed by atoms with Crippen LogP contribution in [0.15, 0.2) is 48.1 Å². The van der Waals surface area contributed by atoms with Crippen LogP contribution >= 0.6 is 11.6 Å². The van der Waals surface area contributed by atoms with E-state index in [1.54, 1.807) is 12.4 Å². The molecule has 0 radical (unpaired) electrons. The largest absolute Gasteiger partial charge is 0.480 e. The Labute approximate surface area is 287 Å². The molecule has 1 saturated carbocycles. The molecule has 260 valence electrons. The summed E-state index contributed by atoms with van der Waals surface area (Å²) in [6.07, 6.45) is 1.56. The molecule has 0 spiro atoms. The molecule has 49 heavy (non-hydrogen) atoms. The van der Waals surface area contributed by atoms with E-state index in [0.717, 1.165) is 48.0 Å². The number of rotatable bonds is 8. The lowest BCUT2D eigenvalue weighted by atomic mass is 9.80. The molecule has 2 amide bonds. The van der Waals surface area contributed by atoms with Crippen molar-refractivity contribution in [3.05, 3.63) is 75.5 Å². The molecular formula is C34H38ClF3N8O3. The van der Waals surface area contributed by atoms with E-state index in [1.807, 2.05) is 48.7 Å². The van der Waals surface area contributed by atoms with Crippen molar-refractivity contribution < 1.29 is 27.5 Å². The van der Waals surface area contributed by atoms with Crippen molar-refractivity contribution in [2.45, 2.75) is 57.8 Å². The molecule has 1 N–H and O–H groups in total. The van der Waals surface area contributed by atoms with Gasteiger partial charge in [0, 0.05) is 57.2 Å². The number of anilines is 3. The van der Waals surface area contributed by atoms with Crippen molar-refractivity contribution in [2.24, 2.45) is 0 Å². The number of allylic oxidation sites excluding steroid dienone is 2. The van der Waals surface area contributed by atoms with E-state index in [2.05, 4.69) is 15.2 Å². The van der Waals surface area contributed by atoms with Crippen LogP contribution < -0.4 is 19.9 Å². The first-order chi connectivity index (χ1) is 23.3. The molecular weight excluding hydrogens is 661 g/mol. The van der Waals surface area contributed by atoms with Gasteiger partial charge in [-0.3, -0.25) is 9.59 Å². The fraction of sp³-hybridized carbons (Fsp3) is 0.441. The van der Waals surface area contributed by atoms with Gasteiger partial charge in [0.1, 0.15) is 17.9 Å². The van der Waals surface area contributed by atoms with E-state index in [4.69, 9.17) is 26.3 Å². The average molecular weight is 699 g/mol. The third-order valence-corrected chi connectivity index (χ3v) is 9.64. The molecule has 2 fully saturated rings. The van der Waals surface area contributed by atoms with Crippen molar-refractivity contribution in [1.82, 2.24) is 24.8 Å². The highest BCUT2D eigenvalue weighted by Crippen LogP contribution is 2.42. The summed E-state index contributed by atoms with van der Waals surface area (Å²) >= 11 is 6.16. The molecule has 4 heterocycles. The van der Waals surface area contributed by atoms with Crippen LogP contribution in [0, 0.1) is 6.92 Å². The van der Waals surface area contributed by atoms with Gasteiger partial charge in [0.25, 0.3) is 5.91 Å². The second-order valence-electron chi connectivity index (χ2n) is 12.6. The van der Waals surface area contributed by atoms with Gasteiger partial charge in [-0.1, -0.05) is 18.5 Å². The van der Waals surface area contributed by atoms with E-state index in [1.165, 1.54) is 7.11 Å². The predicted molar refractivity (Wildman–Crippen MR) is 180 cm³/mol. The van der Waals surface area contributed by atoms with E-state index >= 15 is 0 Å². The van der Waals surface area contributed by atoms with Gasteiger partial charge in [-0.15, -0.1) is 0 Å². The minimum Gasteiger partial charge on any atom is -0.480 e. The second kappa shape index (κ2) is 13.4. The third kappa shape index (κ3) is 6.57. The number of aryl methyl sites for hydroxylation is 1. The Morgan fingerprint density at radius 3 is 2.49 bits per heavy atom. The summed E-state index contributed by atoms with van der Waals surface area (Å²) in [5.41, 5.74) is 3.09. The van der Waals surface area contributed by atoms with Crippen molar-refractivity contribution in [2.75, 3.05) is 56.0 Å². The lowest BCUT2D eigenvalue weighted by Crippen LogP contribution is -2.66. The van der Waals surface area contributed by atoms with Crippen LogP contribution in [0.2, 0.25) is 5.02 Å². The fourth-order valence-corrected chi connectivity index (χ4v) is 7.05. The number of methoxy groups -OCH3 is 1. The SMILES string of the molecule is CCC1=C(N2CCN(C(=O)c3cc(C)cnc3OC)[C@H]3CC[C@@H]32)Cc2nc(N(C)C)cnc2N1CC(=O)Nc1ccc(C(F)(F)F)cc1Cl. The number of carbonyl (C=O) groups is 2. The van der Waals surface area contributed by atoms with Crippen LogP contribution in [0.5, 0.6) is 5.88 Å². The Kier molecular flexibility index (Phi) is 9.36. The molecule has 2 atom stereocenters. The highest BCUT2D eigenvalue weighted by atomic mass is 35.5. The van der Waals surface area contributed by atoms with E-state index < -0.39 is 17.6 Å². The van der Waals surface area contributed by atoms with Crippen LogP contribution in [0.4, 0.5) is 30.5 Å². The summed E-state index contributed by atoms with van der Waals surface area (Å²) in [5.74, 6) is 0.920. The molecule has 0 bridgehead atoms. The van der Waals surface area contributed by atoms with Gasteiger partial charge in [0.05, 0.1) is 41.3 Å². The number of ether oxygens (including phenoxy) is 1. The van der Waals surface area contributed by atoms with Crippen molar-refractivity contribution >= 4 is 40.7 Å². The zero-order chi connectivity index (χ0) is 35.2.